The minimum absolute atomic E-state index is 0.0846. The number of aromatic nitrogens is 3. The molecule has 3 aromatic rings. The molecule has 0 radical (unpaired) electrons. The van der Waals surface area contributed by atoms with Crippen molar-refractivity contribution >= 4 is 11.2 Å². The van der Waals surface area contributed by atoms with Gasteiger partial charge in [0.2, 0.25) is 5.88 Å². The van der Waals surface area contributed by atoms with E-state index in [0.29, 0.717) is 17.9 Å². The van der Waals surface area contributed by atoms with E-state index in [4.69, 9.17) is 10.5 Å². The van der Waals surface area contributed by atoms with Gasteiger partial charge in [-0.3, -0.25) is 0 Å². The van der Waals surface area contributed by atoms with Crippen LogP contribution < -0.4 is 10.5 Å². The lowest BCUT2D eigenvalue weighted by Gasteiger charge is -2.09. The summed E-state index contributed by atoms with van der Waals surface area (Å²) in [4.78, 5) is 12.0. The maximum atomic E-state index is 6.20. The topological polar surface area (TPSA) is 76.8 Å². The first kappa shape index (κ1) is 12.6. The molecule has 0 spiro atoms. The first-order valence-corrected chi connectivity index (χ1v) is 6.46. The first-order valence-electron chi connectivity index (χ1n) is 6.46. The second kappa shape index (κ2) is 5.30. The highest BCUT2D eigenvalue weighted by atomic mass is 16.5. The van der Waals surface area contributed by atoms with E-state index in [1.165, 1.54) is 0 Å². The summed E-state index contributed by atoms with van der Waals surface area (Å²) in [6, 6.07) is 13.6. The summed E-state index contributed by atoms with van der Waals surface area (Å²) in [7, 11) is 1.59. The highest BCUT2D eigenvalue weighted by Gasteiger charge is 2.11. The Hall–Kier alpha value is -2.40. The van der Waals surface area contributed by atoms with Crippen LogP contribution in [0.25, 0.3) is 11.2 Å². The number of hydrogen-bond donors (Lipinski definition) is 2. The summed E-state index contributed by atoms with van der Waals surface area (Å²) in [5.41, 5.74) is 8.84. The van der Waals surface area contributed by atoms with Crippen LogP contribution in [0.5, 0.6) is 5.88 Å². The molecule has 2 aromatic heterocycles. The van der Waals surface area contributed by atoms with Gasteiger partial charge in [-0.25, -0.2) is 4.98 Å². The van der Waals surface area contributed by atoms with E-state index in [-0.39, 0.29) is 6.04 Å². The second-order valence-corrected chi connectivity index (χ2v) is 4.63. The van der Waals surface area contributed by atoms with Crippen molar-refractivity contribution < 1.29 is 4.74 Å². The number of aromatic amines is 1. The Morgan fingerprint density at radius 2 is 1.95 bits per heavy atom. The van der Waals surface area contributed by atoms with Crippen molar-refractivity contribution in [3.05, 3.63) is 53.9 Å². The van der Waals surface area contributed by atoms with Crippen molar-refractivity contribution in [3.8, 4) is 5.88 Å². The van der Waals surface area contributed by atoms with Gasteiger partial charge in [0.15, 0.2) is 5.65 Å². The number of pyridine rings is 1. The monoisotopic (exact) mass is 268 g/mol. The van der Waals surface area contributed by atoms with Gasteiger partial charge in [0.1, 0.15) is 5.82 Å². The Balaban J connectivity index is 1.84. The minimum Gasteiger partial charge on any atom is -0.481 e. The maximum absolute atomic E-state index is 6.20. The van der Waals surface area contributed by atoms with Crippen LogP contribution in [0.15, 0.2) is 42.5 Å². The van der Waals surface area contributed by atoms with Gasteiger partial charge in [-0.1, -0.05) is 30.3 Å². The molecule has 5 nitrogen and oxygen atoms in total. The van der Waals surface area contributed by atoms with Crippen LogP contribution in [-0.4, -0.2) is 22.1 Å². The van der Waals surface area contributed by atoms with Gasteiger partial charge in [-0.05, 0) is 11.6 Å². The van der Waals surface area contributed by atoms with Crippen LogP contribution in [0.1, 0.15) is 17.4 Å². The van der Waals surface area contributed by atoms with Crippen LogP contribution in [0.3, 0.4) is 0 Å². The third kappa shape index (κ3) is 2.48. The fourth-order valence-electron chi connectivity index (χ4n) is 2.16. The average Bonchev–Trinajstić information content (AvgIpc) is 2.89. The molecule has 0 bridgehead atoms. The molecule has 3 N–H and O–H groups in total. The first-order chi connectivity index (χ1) is 9.76. The van der Waals surface area contributed by atoms with Crippen molar-refractivity contribution in [1.82, 2.24) is 15.0 Å². The lowest BCUT2D eigenvalue weighted by Crippen LogP contribution is -2.13. The molecule has 1 unspecified atom stereocenters. The number of hydrogen-bond acceptors (Lipinski definition) is 4. The fourth-order valence-corrected chi connectivity index (χ4v) is 2.16. The Kier molecular flexibility index (Phi) is 3.35. The number of methoxy groups -OCH3 is 1. The molecule has 2 heterocycles. The predicted octanol–water partition coefficient (Wildman–Crippen LogP) is 2.21. The standard InChI is InChI=1S/C15H16N4O/c1-20-14-8-7-12-15(19-14)18-13(17-12)9-11(16)10-5-3-2-4-6-10/h2-8,11H,9,16H2,1H3,(H,17,18,19). The van der Waals surface area contributed by atoms with Crippen LogP contribution in [0.4, 0.5) is 0 Å². The Bertz CT molecular complexity index is 708. The Morgan fingerprint density at radius 3 is 2.70 bits per heavy atom. The van der Waals surface area contributed by atoms with Gasteiger partial charge in [0.05, 0.1) is 12.6 Å². The molecule has 0 fully saturated rings. The summed E-state index contributed by atoms with van der Waals surface area (Å²) >= 11 is 0. The largest absolute Gasteiger partial charge is 0.481 e. The minimum atomic E-state index is -0.0846. The molecule has 20 heavy (non-hydrogen) atoms. The predicted molar refractivity (Wildman–Crippen MR) is 77.5 cm³/mol. The SMILES string of the molecule is COc1ccc2[nH]c(CC(N)c3ccccc3)nc2n1. The molecule has 3 rings (SSSR count). The molecule has 0 aliphatic rings. The average molecular weight is 268 g/mol. The van der Waals surface area contributed by atoms with Crippen LogP contribution >= 0.6 is 0 Å². The molecule has 0 saturated heterocycles. The number of imidazole rings is 1. The summed E-state index contributed by atoms with van der Waals surface area (Å²) in [5.74, 6) is 1.39. The molecular formula is C15H16N4O. The van der Waals surface area contributed by atoms with Gasteiger partial charge in [-0.15, -0.1) is 0 Å². The zero-order valence-electron chi connectivity index (χ0n) is 11.2. The fraction of sp³-hybridized carbons (Fsp3) is 0.200. The molecular weight excluding hydrogens is 252 g/mol. The van der Waals surface area contributed by atoms with Gasteiger partial charge >= 0.3 is 0 Å². The highest BCUT2D eigenvalue weighted by molar-refractivity contribution is 5.71. The number of ether oxygens (including phenoxy) is 1. The van der Waals surface area contributed by atoms with Gasteiger partial charge in [0.25, 0.3) is 0 Å². The van der Waals surface area contributed by atoms with Crippen molar-refractivity contribution in [3.63, 3.8) is 0 Å². The number of benzene rings is 1. The summed E-state index contributed by atoms with van der Waals surface area (Å²) in [5, 5.41) is 0. The number of H-pyrrole nitrogens is 1. The van der Waals surface area contributed by atoms with Crippen molar-refractivity contribution in [2.45, 2.75) is 12.5 Å². The van der Waals surface area contributed by atoms with E-state index in [9.17, 15) is 0 Å². The summed E-state index contributed by atoms with van der Waals surface area (Å²) in [6.07, 6.45) is 0.642. The van der Waals surface area contributed by atoms with E-state index in [1.54, 1.807) is 13.2 Å². The van der Waals surface area contributed by atoms with Crippen LogP contribution in [0.2, 0.25) is 0 Å². The van der Waals surface area contributed by atoms with E-state index < -0.39 is 0 Å². The zero-order valence-corrected chi connectivity index (χ0v) is 11.2. The molecule has 0 saturated carbocycles. The van der Waals surface area contributed by atoms with Crippen molar-refractivity contribution in [1.29, 1.82) is 0 Å². The van der Waals surface area contributed by atoms with E-state index in [2.05, 4.69) is 15.0 Å². The molecule has 102 valence electrons. The van der Waals surface area contributed by atoms with E-state index in [1.807, 2.05) is 36.4 Å². The third-order valence-corrected chi connectivity index (χ3v) is 3.22. The van der Waals surface area contributed by atoms with Gasteiger partial charge < -0.3 is 15.5 Å². The number of fused-ring (bicyclic) bond motifs is 1. The number of rotatable bonds is 4. The summed E-state index contributed by atoms with van der Waals surface area (Å²) < 4.78 is 5.09. The molecule has 1 aromatic carbocycles. The van der Waals surface area contributed by atoms with Gasteiger partial charge in [0, 0.05) is 18.5 Å². The lowest BCUT2D eigenvalue weighted by molar-refractivity contribution is 0.399. The molecule has 5 heteroatoms. The Morgan fingerprint density at radius 1 is 1.15 bits per heavy atom. The van der Waals surface area contributed by atoms with Gasteiger partial charge in [-0.2, -0.15) is 4.98 Å². The molecule has 0 amide bonds. The summed E-state index contributed by atoms with van der Waals surface area (Å²) in [6.45, 7) is 0. The quantitative estimate of drug-likeness (QED) is 0.760. The van der Waals surface area contributed by atoms with Crippen LogP contribution in [-0.2, 0) is 6.42 Å². The normalized spacial score (nSPS) is 12.5. The highest BCUT2D eigenvalue weighted by Crippen LogP contribution is 2.18. The molecule has 0 aliphatic heterocycles. The van der Waals surface area contributed by atoms with E-state index in [0.717, 1.165) is 16.9 Å². The number of nitrogens with one attached hydrogen (secondary N) is 1. The number of nitrogens with zero attached hydrogens (tertiary/aromatic N) is 2. The maximum Gasteiger partial charge on any atom is 0.215 e. The smallest absolute Gasteiger partial charge is 0.215 e. The third-order valence-electron chi connectivity index (χ3n) is 3.22. The van der Waals surface area contributed by atoms with Crippen molar-refractivity contribution in [2.24, 2.45) is 5.73 Å². The van der Waals surface area contributed by atoms with Crippen LogP contribution in [0, 0.1) is 0 Å². The molecule has 0 aliphatic carbocycles. The lowest BCUT2D eigenvalue weighted by atomic mass is 10.0. The number of nitrogens with two attached hydrogens (primary N) is 1. The molecule has 1 atom stereocenters. The second-order valence-electron chi connectivity index (χ2n) is 4.63. The van der Waals surface area contributed by atoms with E-state index >= 15 is 0 Å². The zero-order chi connectivity index (χ0) is 13.9. The van der Waals surface area contributed by atoms with Crippen molar-refractivity contribution in [2.75, 3.05) is 7.11 Å². The Labute approximate surface area is 116 Å².